The average molecular weight is 297 g/mol. The summed E-state index contributed by atoms with van der Waals surface area (Å²) in [7, 11) is 0. The highest BCUT2D eigenvalue weighted by Gasteiger charge is 2.41. The second-order valence-corrected chi connectivity index (χ2v) is 7.68. The monoisotopic (exact) mass is 297 g/mol. The summed E-state index contributed by atoms with van der Waals surface area (Å²) in [5.41, 5.74) is -0.504. The Labute approximate surface area is 128 Å². The van der Waals surface area contributed by atoms with Gasteiger partial charge in [-0.05, 0) is 57.4 Å². The maximum Gasteiger partial charge on any atom is 0.0774 e. The molecule has 4 nitrogen and oxygen atoms in total. The van der Waals surface area contributed by atoms with Crippen LogP contribution in [0, 0.1) is 11.8 Å². The van der Waals surface area contributed by atoms with Crippen molar-refractivity contribution in [2.45, 2.75) is 69.6 Å². The van der Waals surface area contributed by atoms with Crippen LogP contribution in [0.15, 0.2) is 0 Å². The largest absolute Gasteiger partial charge is 0.393 e. The zero-order valence-electron chi connectivity index (χ0n) is 13.3. The minimum atomic E-state index is -0.504. The summed E-state index contributed by atoms with van der Waals surface area (Å²) in [6.07, 6.45) is 7.00. The van der Waals surface area contributed by atoms with Crippen molar-refractivity contribution < 1.29 is 14.9 Å². The van der Waals surface area contributed by atoms with Crippen LogP contribution in [0.25, 0.3) is 0 Å². The SMILES string of the molecule is CC1CCC(O)(CN2CCCC2C2COCCC2O)CC1. The Morgan fingerprint density at radius 2 is 1.95 bits per heavy atom. The normalized spacial score (nSPS) is 45.9. The standard InChI is InChI=1S/C17H31NO3/c1-13-4-7-17(20,8-5-13)12-18-9-2-3-15(18)14-11-21-10-6-16(14)19/h13-16,19-20H,2-12H2,1H3. The first-order valence-corrected chi connectivity index (χ1v) is 8.80. The van der Waals surface area contributed by atoms with E-state index in [9.17, 15) is 10.2 Å². The molecular weight excluding hydrogens is 266 g/mol. The van der Waals surface area contributed by atoms with E-state index in [-0.39, 0.29) is 12.0 Å². The van der Waals surface area contributed by atoms with Gasteiger partial charge in [0.15, 0.2) is 0 Å². The fourth-order valence-electron chi connectivity index (χ4n) is 4.48. The Morgan fingerprint density at radius 3 is 2.67 bits per heavy atom. The fourth-order valence-corrected chi connectivity index (χ4v) is 4.48. The van der Waals surface area contributed by atoms with Gasteiger partial charge in [0.2, 0.25) is 0 Å². The van der Waals surface area contributed by atoms with E-state index in [4.69, 9.17) is 4.74 Å². The number of aliphatic hydroxyl groups is 2. The van der Waals surface area contributed by atoms with E-state index in [1.54, 1.807) is 0 Å². The van der Waals surface area contributed by atoms with Gasteiger partial charge >= 0.3 is 0 Å². The minimum Gasteiger partial charge on any atom is -0.393 e. The molecule has 0 radical (unpaired) electrons. The van der Waals surface area contributed by atoms with Gasteiger partial charge in [-0.25, -0.2) is 0 Å². The number of aliphatic hydroxyl groups excluding tert-OH is 1. The van der Waals surface area contributed by atoms with Crippen LogP contribution in [-0.2, 0) is 4.74 Å². The molecule has 21 heavy (non-hydrogen) atoms. The summed E-state index contributed by atoms with van der Waals surface area (Å²) < 4.78 is 5.59. The lowest BCUT2D eigenvalue weighted by molar-refractivity contribution is -0.0827. The van der Waals surface area contributed by atoms with Gasteiger partial charge in [-0.2, -0.15) is 0 Å². The molecule has 3 fully saturated rings. The molecule has 2 heterocycles. The molecule has 0 aromatic heterocycles. The van der Waals surface area contributed by atoms with Crippen molar-refractivity contribution in [3.63, 3.8) is 0 Å². The molecule has 3 aliphatic rings. The van der Waals surface area contributed by atoms with Gasteiger partial charge in [-0.3, -0.25) is 4.90 Å². The summed E-state index contributed by atoms with van der Waals surface area (Å²) in [6.45, 7) is 5.50. The molecule has 0 amide bonds. The number of ether oxygens (including phenoxy) is 1. The Hall–Kier alpha value is -0.160. The molecule has 2 saturated heterocycles. The van der Waals surface area contributed by atoms with E-state index >= 15 is 0 Å². The highest BCUT2D eigenvalue weighted by Crippen LogP contribution is 2.36. The first-order valence-electron chi connectivity index (χ1n) is 8.80. The van der Waals surface area contributed by atoms with Crippen LogP contribution in [0.4, 0.5) is 0 Å². The van der Waals surface area contributed by atoms with Crippen LogP contribution in [0.1, 0.15) is 51.9 Å². The van der Waals surface area contributed by atoms with Gasteiger partial charge in [0.1, 0.15) is 0 Å². The quantitative estimate of drug-likeness (QED) is 0.834. The second kappa shape index (κ2) is 6.53. The second-order valence-electron chi connectivity index (χ2n) is 7.68. The van der Waals surface area contributed by atoms with Gasteiger partial charge < -0.3 is 14.9 Å². The average Bonchev–Trinajstić information content (AvgIpc) is 2.91. The number of likely N-dealkylation sites (tertiary alicyclic amines) is 1. The van der Waals surface area contributed by atoms with Crippen molar-refractivity contribution in [3.05, 3.63) is 0 Å². The maximum absolute atomic E-state index is 10.9. The first-order chi connectivity index (χ1) is 10.1. The lowest BCUT2D eigenvalue weighted by atomic mass is 9.79. The molecule has 1 saturated carbocycles. The van der Waals surface area contributed by atoms with Crippen molar-refractivity contribution in [3.8, 4) is 0 Å². The number of rotatable bonds is 3. The summed E-state index contributed by atoms with van der Waals surface area (Å²) in [4.78, 5) is 2.44. The zero-order chi connectivity index (χ0) is 14.9. The van der Waals surface area contributed by atoms with Crippen molar-refractivity contribution in [1.29, 1.82) is 0 Å². The summed E-state index contributed by atoms with van der Waals surface area (Å²) >= 11 is 0. The molecular formula is C17H31NO3. The molecule has 0 bridgehead atoms. The molecule has 0 aromatic carbocycles. The predicted octanol–water partition coefficient (Wildman–Crippen LogP) is 1.79. The van der Waals surface area contributed by atoms with Crippen LogP contribution < -0.4 is 0 Å². The molecule has 3 atom stereocenters. The molecule has 1 aliphatic carbocycles. The Morgan fingerprint density at radius 1 is 1.19 bits per heavy atom. The zero-order valence-corrected chi connectivity index (χ0v) is 13.3. The van der Waals surface area contributed by atoms with E-state index in [2.05, 4.69) is 11.8 Å². The van der Waals surface area contributed by atoms with Crippen LogP contribution in [0.2, 0.25) is 0 Å². The summed E-state index contributed by atoms with van der Waals surface area (Å²) in [6, 6.07) is 0.392. The lowest BCUT2D eigenvalue weighted by Crippen LogP contribution is -2.52. The molecule has 0 spiro atoms. The molecule has 2 N–H and O–H groups in total. The van der Waals surface area contributed by atoms with Crippen molar-refractivity contribution in [1.82, 2.24) is 4.90 Å². The van der Waals surface area contributed by atoms with E-state index in [0.29, 0.717) is 19.3 Å². The van der Waals surface area contributed by atoms with Gasteiger partial charge in [0, 0.05) is 25.1 Å². The van der Waals surface area contributed by atoms with Gasteiger partial charge in [0.25, 0.3) is 0 Å². The Bertz CT molecular complexity index is 341. The minimum absolute atomic E-state index is 0.229. The topological polar surface area (TPSA) is 52.9 Å². The van der Waals surface area contributed by atoms with Crippen molar-refractivity contribution >= 4 is 0 Å². The van der Waals surface area contributed by atoms with Gasteiger partial charge in [0.05, 0.1) is 18.3 Å². The summed E-state index contributed by atoms with van der Waals surface area (Å²) in [5, 5.41) is 21.2. The Balaban J connectivity index is 1.61. The van der Waals surface area contributed by atoms with E-state index in [0.717, 1.165) is 57.5 Å². The Kier molecular flexibility index (Phi) is 4.89. The third-order valence-electron chi connectivity index (χ3n) is 5.97. The molecule has 0 aromatic rings. The number of nitrogens with zero attached hydrogens (tertiary/aromatic N) is 1. The smallest absolute Gasteiger partial charge is 0.0774 e. The molecule has 3 rings (SSSR count). The molecule has 122 valence electrons. The van der Waals surface area contributed by atoms with Gasteiger partial charge in [-0.15, -0.1) is 0 Å². The molecule has 4 heteroatoms. The van der Waals surface area contributed by atoms with Gasteiger partial charge in [-0.1, -0.05) is 6.92 Å². The molecule has 2 aliphatic heterocycles. The highest BCUT2D eigenvalue weighted by molar-refractivity contribution is 4.95. The predicted molar refractivity (Wildman–Crippen MR) is 82.1 cm³/mol. The fraction of sp³-hybridized carbons (Fsp3) is 1.00. The van der Waals surface area contributed by atoms with Crippen LogP contribution in [-0.4, -0.2) is 59.2 Å². The third kappa shape index (κ3) is 3.61. The number of hydrogen-bond donors (Lipinski definition) is 2. The van der Waals surface area contributed by atoms with Crippen LogP contribution in [0.5, 0.6) is 0 Å². The number of hydrogen-bond acceptors (Lipinski definition) is 4. The first kappa shape index (κ1) is 15.7. The van der Waals surface area contributed by atoms with E-state index in [1.807, 2.05) is 0 Å². The van der Waals surface area contributed by atoms with E-state index in [1.165, 1.54) is 6.42 Å². The van der Waals surface area contributed by atoms with E-state index < -0.39 is 5.60 Å². The van der Waals surface area contributed by atoms with Crippen molar-refractivity contribution in [2.24, 2.45) is 11.8 Å². The van der Waals surface area contributed by atoms with Crippen LogP contribution in [0.3, 0.4) is 0 Å². The van der Waals surface area contributed by atoms with Crippen LogP contribution >= 0.6 is 0 Å². The maximum atomic E-state index is 10.9. The highest BCUT2D eigenvalue weighted by atomic mass is 16.5. The molecule has 3 unspecified atom stereocenters. The summed E-state index contributed by atoms with van der Waals surface area (Å²) in [5.74, 6) is 0.987. The number of β-amino-alcohol motifs (C(OH)–C–C–N with tert-alkyl or cyclic N) is 1. The third-order valence-corrected chi connectivity index (χ3v) is 5.97. The van der Waals surface area contributed by atoms with Crippen molar-refractivity contribution in [2.75, 3.05) is 26.3 Å². The lowest BCUT2D eigenvalue weighted by Gasteiger charge is -2.42.